The number of pyridine rings is 1. The summed E-state index contributed by atoms with van der Waals surface area (Å²) in [5, 5.41) is 3.69. The number of aromatic nitrogens is 2. The van der Waals surface area contributed by atoms with Crippen molar-refractivity contribution in [2.75, 3.05) is 12.4 Å². The fourth-order valence-electron chi connectivity index (χ4n) is 1.20. The molecule has 2 aromatic heterocycles. The monoisotopic (exact) mass is 235 g/mol. The van der Waals surface area contributed by atoms with Crippen LogP contribution in [0.25, 0.3) is 0 Å². The molecule has 2 aromatic rings. The predicted molar refractivity (Wildman–Crippen MR) is 64.6 cm³/mol. The third kappa shape index (κ3) is 2.76. The van der Waals surface area contributed by atoms with E-state index in [1.165, 1.54) is 0 Å². The van der Waals surface area contributed by atoms with Crippen LogP contribution in [0.5, 0.6) is 0 Å². The molecule has 5 heteroatoms. The number of oxazole rings is 1. The summed E-state index contributed by atoms with van der Waals surface area (Å²) in [6.45, 7) is 1.91. The molecule has 2 heterocycles. The maximum Gasteiger partial charge on any atom is 0.256 e. The average Bonchev–Trinajstić information content (AvgIpc) is 2.73. The Balaban J connectivity index is 1.94. The smallest absolute Gasteiger partial charge is 0.256 e. The van der Waals surface area contributed by atoms with Gasteiger partial charge in [0.2, 0.25) is 0 Å². The molecular weight excluding hydrogens is 222 g/mol. The van der Waals surface area contributed by atoms with Gasteiger partial charge in [0.25, 0.3) is 5.22 Å². The van der Waals surface area contributed by atoms with Crippen molar-refractivity contribution < 1.29 is 4.42 Å². The zero-order valence-corrected chi connectivity index (χ0v) is 10.0. The normalized spacial score (nSPS) is 10.4. The van der Waals surface area contributed by atoms with Crippen molar-refractivity contribution >= 4 is 17.6 Å². The topological polar surface area (TPSA) is 51.0 Å². The number of anilines is 1. The molecule has 4 nitrogen and oxygen atoms in total. The lowest BCUT2D eigenvalue weighted by Gasteiger charge is -2.00. The summed E-state index contributed by atoms with van der Waals surface area (Å²) in [5.74, 6) is 1.69. The first-order chi connectivity index (χ1) is 7.78. The minimum absolute atomic E-state index is 0.704. The minimum atomic E-state index is 0.704. The quantitative estimate of drug-likeness (QED) is 0.826. The molecule has 0 unspecified atom stereocenters. The van der Waals surface area contributed by atoms with E-state index >= 15 is 0 Å². The van der Waals surface area contributed by atoms with E-state index in [1.807, 2.05) is 32.3 Å². The molecular formula is C11H13N3OS. The van der Waals surface area contributed by atoms with Gasteiger partial charge in [-0.3, -0.25) is 0 Å². The number of hydrogen-bond acceptors (Lipinski definition) is 5. The van der Waals surface area contributed by atoms with Crippen LogP contribution >= 0.6 is 11.8 Å². The Bertz CT molecular complexity index is 453. The second kappa shape index (κ2) is 5.03. The van der Waals surface area contributed by atoms with Crippen molar-refractivity contribution in [1.82, 2.24) is 9.97 Å². The number of nitrogens with one attached hydrogen (secondary N) is 1. The van der Waals surface area contributed by atoms with Gasteiger partial charge in [-0.15, -0.1) is 0 Å². The van der Waals surface area contributed by atoms with Crippen molar-refractivity contribution in [2.24, 2.45) is 0 Å². The van der Waals surface area contributed by atoms with Gasteiger partial charge in [0.15, 0.2) is 0 Å². The van der Waals surface area contributed by atoms with E-state index in [0.29, 0.717) is 5.22 Å². The molecule has 0 saturated carbocycles. The first-order valence-electron chi connectivity index (χ1n) is 4.95. The fraction of sp³-hybridized carbons (Fsp3) is 0.273. The van der Waals surface area contributed by atoms with E-state index in [1.54, 1.807) is 18.0 Å². The van der Waals surface area contributed by atoms with Crippen LogP contribution in [0.2, 0.25) is 0 Å². The lowest BCUT2D eigenvalue weighted by Crippen LogP contribution is -1.92. The average molecular weight is 235 g/mol. The standard InChI is InChI=1S/C11H13N3OS/c1-8-6-15-11(14-8)16-7-9-3-4-10(12-2)13-5-9/h3-6H,7H2,1-2H3,(H,12,13). The Kier molecular flexibility index (Phi) is 3.46. The Morgan fingerprint density at radius 1 is 1.44 bits per heavy atom. The Labute approximate surface area is 98.5 Å². The zero-order valence-electron chi connectivity index (χ0n) is 9.23. The van der Waals surface area contributed by atoms with E-state index in [2.05, 4.69) is 15.3 Å². The molecule has 16 heavy (non-hydrogen) atoms. The predicted octanol–water partition coefficient (Wildman–Crippen LogP) is 2.71. The highest BCUT2D eigenvalue weighted by Gasteiger charge is 2.02. The highest BCUT2D eigenvalue weighted by atomic mass is 32.2. The van der Waals surface area contributed by atoms with Crippen molar-refractivity contribution in [1.29, 1.82) is 0 Å². The van der Waals surface area contributed by atoms with Crippen molar-refractivity contribution in [2.45, 2.75) is 17.9 Å². The van der Waals surface area contributed by atoms with Crippen LogP contribution < -0.4 is 5.32 Å². The molecule has 0 aromatic carbocycles. The van der Waals surface area contributed by atoms with Gasteiger partial charge in [-0.1, -0.05) is 17.8 Å². The fourth-order valence-corrected chi connectivity index (χ4v) is 1.99. The van der Waals surface area contributed by atoms with E-state index in [-0.39, 0.29) is 0 Å². The first kappa shape index (κ1) is 11.0. The number of rotatable bonds is 4. The third-order valence-corrected chi connectivity index (χ3v) is 2.95. The summed E-state index contributed by atoms with van der Waals surface area (Å²) in [6, 6.07) is 4.00. The van der Waals surface area contributed by atoms with Gasteiger partial charge < -0.3 is 9.73 Å². The lowest BCUT2D eigenvalue weighted by molar-refractivity contribution is 0.454. The molecule has 1 N–H and O–H groups in total. The highest BCUT2D eigenvalue weighted by molar-refractivity contribution is 7.98. The molecule has 0 aliphatic rings. The Morgan fingerprint density at radius 3 is 2.88 bits per heavy atom. The van der Waals surface area contributed by atoms with Crippen LogP contribution in [0.15, 0.2) is 34.2 Å². The molecule has 0 bridgehead atoms. The summed E-state index contributed by atoms with van der Waals surface area (Å²) in [6.07, 6.45) is 3.51. The highest BCUT2D eigenvalue weighted by Crippen LogP contribution is 2.21. The first-order valence-corrected chi connectivity index (χ1v) is 5.94. The Hall–Kier alpha value is -1.49. The summed E-state index contributed by atoms with van der Waals surface area (Å²) in [7, 11) is 1.85. The largest absolute Gasteiger partial charge is 0.440 e. The van der Waals surface area contributed by atoms with E-state index in [9.17, 15) is 0 Å². The SMILES string of the molecule is CNc1ccc(CSc2nc(C)co2)cn1. The maximum atomic E-state index is 5.25. The Morgan fingerprint density at radius 2 is 2.31 bits per heavy atom. The molecule has 0 saturated heterocycles. The summed E-state index contributed by atoms with van der Waals surface area (Å²) < 4.78 is 5.25. The van der Waals surface area contributed by atoms with Gasteiger partial charge in [0.05, 0.1) is 5.69 Å². The van der Waals surface area contributed by atoms with Crippen LogP contribution in [0.4, 0.5) is 5.82 Å². The number of thioether (sulfide) groups is 1. The van der Waals surface area contributed by atoms with Crippen molar-refractivity contribution in [3.63, 3.8) is 0 Å². The summed E-state index contributed by atoms with van der Waals surface area (Å²) >= 11 is 1.57. The molecule has 0 atom stereocenters. The minimum Gasteiger partial charge on any atom is -0.440 e. The molecule has 0 radical (unpaired) electrons. The van der Waals surface area contributed by atoms with E-state index < -0.39 is 0 Å². The van der Waals surface area contributed by atoms with Gasteiger partial charge in [0.1, 0.15) is 12.1 Å². The number of hydrogen-bond donors (Lipinski definition) is 1. The van der Waals surface area contributed by atoms with Crippen LogP contribution in [-0.2, 0) is 5.75 Å². The van der Waals surface area contributed by atoms with Gasteiger partial charge in [-0.05, 0) is 18.6 Å². The summed E-state index contributed by atoms with van der Waals surface area (Å²) in [5.41, 5.74) is 2.06. The molecule has 0 aliphatic carbocycles. The van der Waals surface area contributed by atoms with Gasteiger partial charge in [0, 0.05) is 19.0 Å². The molecule has 84 valence electrons. The third-order valence-electron chi connectivity index (χ3n) is 2.04. The second-order valence-corrected chi connectivity index (χ2v) is 4.27. The van der Waals surface area contributed by atoms with Crippen LogP contribution in [0, 0.1) is 6.92 Å². The van der Waals surface area contributed by atoms with E-state index in [0.717, 1.165) is 22.8 Å². The van der Waals surface area contributed by atoms with Crippen LogP contribution in [0.3, 0.4) is 0 Å². The van der Waals surface area contributed by atoms with Gasteiger partial charge in [-0.2, -0.15) is 0 Å². The maximum absolute atomic E-state index is 5.25. The number of aryl methyl sites for hydroxylation is 1. The van der Waals surface area contributed by atoms with Gasteiger partial charge in [-0.25, -0.2) is 9.97 Å². The van der Waals surface area contributed by atoms with E-state index in [4.69, 9.17) is 4.42 Å². The second-order valence-electron chi connectivity index (χ2n) is 3.35. The van der Waals surface area contributed by atoms with Crippen molar-refractivity contribution in [3.05, 3.63) is 35.9 Å². The zero-order chi connectivity index (χ0) is 11.4. The van der Waals surface area contributed by atoms with Crippen LogP contribution in [0.1, 0.15) is 11.3 Å². The summed E-state index contributed by atoms with van der Waals surface area (Å²) in [4.78, 5) is 8.46. The number of nitrogens with zero attached hydrogens (tertiary/aromatic N) is 2. The molecule has 0 amide bonds. The molecule has 0 aliphatic heterocycles. The van der Waals surface area contributed by atoms with Crippen molar-refractivity contribution in [3.8, 4) is 0 Å². The molecule has 0 fully saturated rings. The molecule has 0 spiro atoms. The van der Waals surface area contributed by atoms with Crippen LogP contribution in [-0.4, -0.2) is 17.0 Å². The lowest BCUT2D eigenvalue weighted by atomic mass is 10.3. The van der Waals surface area contributed by atoms with Gasteiger partial charge >= 0.3 is 0 Å². The molecule has 2 rings (SSSR count).